The average Bonchev–Trinajstić information content (AvgIpc) is 2.51. The number of nitrogens with one attached hydrogen (secondary N) is 1. The van der Waals surface area contributed by atoms with Gasteiger partial charge in [-0.3, -0.25) is 10.1 Å². The Labute approximate surface area is 102 Å². The van der Waals surface area contributed by atoms with Crippen molar-refractivity contribution in [1.82, 2.24) is 10.2 Å². The molecule has 84 valence electrons. The van der Waals surface area contributed by atoms with Crippen molar-refractivity contribution in [2.24, 2.45) is 0 Å². The number of benzene rings is 1. The second kappa shape index (κ2) is 4.31. The van der Waals surface area contributed by atoms with Crippen molar-refractivity contribution in [3.63, 3.8) is 0 Å². The summed E-state index contributed by atoms with van der Waals surface area (Å²) in [6, 6.07) is 4.73. The van der Waals surface area contributed by atoms with Crippen molar-refractivity contribution in [1.29, 1.82) is 0 Å². The van der Waals surface area contributed by atoms with Gasteiger partial charge in [-0.15, -0.1) is 0 Å². The molecule has 0 bridgehead atoms. The van der Waals surface area contributed by atoms with Crippen LogP contribution < -0.4 is 5.32 Å². The van der Waals surface area contributed by atoms with E-state index in [2.05, 4.69) is 5.32 Å². The summed E-state index contributed by atoms with van der Waals surface area (Å²) in [6.07, 6.45) is 0. The zero-order chi connectivity index (χ0) is 11.7. The molecule has 0 aromatic heterocycles. The molecule has 0 unspecified atom stereocenters. The van der Waals surface area contributed by atoms with Gasteiger partial charge in [-0.1, -0.05) is 29.3 Å². The summed E-state index contributed by atoms with van der Waals surface area (Å²) in [5.74, 6) is -0.287. The number of carbonyl (C=O) groups excluding carboxylic acids is 2. The summed E-state index contributed by atoms with van der Waals surface area (Å²) < 4.78 is 0. The molecule has 4 nitrogen and oxygen atoms in total. The molecule has 1 aromatic carbocycles. The number of nitrogens with zero attached hydrogens (tertiary/aromatic N) is 1. The predicted molar refractivity (Wildman–Crippen MR) is 60.4 cm³/mol. The monoisotopic (exact) mass is 258 g/mol. The maximum Gasteiger partial charge on any atom is 0.324 e. The van der Waals surface area contributed by atoms with Crippen LogP contribution in [-0.2, 0) is 11.3 Å². The van der Waals surface area contributed by atoms with Gasteiger partial charge in [-0.25, -0.2) is 4.79 Å². The van der Waals surface area contributed by atoms with Crippen molar-refractivity contribution >= 4 is 35.1 Å². The molecule has 0 atom stereocenters. The molecule has 1 aliphatic rings. The highest BCUT2D eigenvalue weighted by molar-refractivity contribution is 6.42. The first-order valence-corrected chi connectivity index (χ1v) is 5.34. The maximum atomic E-state index is 11.3. The van der Waals surface area contributed by atoms with E-state index in [9.17, 15) is 9.59 Å². The van der Waals surface area contributed by atoms with Crippen LogP contribution in [0.5, 0.6) is 0 Å². The minimum atomic E-state index is -0.379. The van der Waals surface area contributed by atoms with E-state index in [1.165, 1.54) is 4.90 Å². The van der Waals surface area contributed by atoms with Crippen LogP contribution in [0.15, 0.2) is 18.2 Å². The minimum absolute atomic E-state index is 0.0824. The van der Waals surface area contributed by atoms with Gasteiger partial charge in [0, 0.05) is 6.54 Å². The Morgan fingerprint density at radius 3 is 2.56 bits per heavy atom. The molecular formula is C10H8Cl2N2O2. The fourth-order valence-electron chi connectivity index (χ4n) is 1.47. The Morgan fingerprint density at radius 2 is 2.00 bits per heavy atom. The summed E-state index contributed by atoms with van der Waals surface area (Å²) in [5.41, 5.74) is 0.833. The molecule has 1 fully saturated rings. The van der Waals surface area contributed by atoms with Crippen molar-refractivity contribution in [2.75, 3.05) is 6.54 Å². The predicted octanol–water partition coefficient (Wildman–Crippen LogP) is 2.05. The van der Waals surface area contributed by atoms with E-state index < -0.39 is 0 Å². The third kappa shape index (κ3) is 2.28. The summed E-state index contributed by atoms with van der Waals surface area (Å²) in [4.78, 5) is 23.6. The lowest BCUT2D eigenvalue weighted by Crippen LogP contribution is -2.27. The smallest absolute Gasteiger partial charge is 0.311 e. The molecule has 1 N–H and O–H groups in total. The van der Waals surface area contributed by atoms with Crippen molar-refractivity contribution in [3.05, 3.63) is 33.8 Å². The van der Waals surface area contributed by atoms with Crippen LogP contribution in [0.2, 0.25) is 10.0 Å². The Hall–Kier alpha value is -1.26. The van der Waals surface area contributed by atoms with Gasteiger partial charge < -0.3 is 4.90 Å². The minimum Gasteiger partial charge on any atom is -0.311 e. The highest BCUT2D eigenvalue weighted by atomic mass is 35.5. The standard InChI is InChI=1S/C10H8Cl2N2O2/c11-7-2-1-6(3-8(7)12)4-14-5-9(15)13-10(14)16/h1-3H,4-5H2,(H,13,15,16). The quantitative estimate of drug-likeness (QED) is 0.826. The fraction of sp³-hybridized carbons (Fsp3) is 0.200. The normalized spacial score (nSPS) is 15.5. The van der Waals surface area contributed by atoms with Gasteiger partial charge in [0.15, 0.2) is 0 Å². The van der Waals surface area contributed by atoms with Crippen LogP contribution >= 0.6 is 23.2 Å². The van der Waals surface area contributed by atoms with Gasteiger partial charge in [0.2, 0.25) is 5.91 Å². The summed E-state index contributed by atoms with van der Waals surface area (Å²) in [5, 5.41) is 3.10. The van der Waals surface area contributed by atoms with E-state index in [1.807, 2.05) is 0 Å². The molecule has 0 radical (unpaired) electrons. The van der Waals surface area contributed by atoms with Crippen molar-refractivity contribution < 1.29 is 9.59 Å². The van der Waals surface area contributed by atoms with Gasteiger partial charge in [-0.05, 0) is 17.7 Å². The van der Waals surface area contributed by atoms with E-state index in [1.54, 1.807) is 18.2 Å². The van der Waals surface area contributed by atoms with Crippen LogP contribution in [-0.4, -0.2) is 23.4 Å². The first-order valence-electron chi connectivity index (χ1n) is 4.59. The van der Waals surface area contributed by atoms with Crippen molar-refractivity contribution in [2.45, 2.75) is 6.54 Å². The first kappa shape index (κ1) is 11.2. The Kier molecular flexibility index (Phi) is 3.03. The Bertz CT molecular complexity index is 462. The summed E-state index contributed by atoms with van der Waals surface area (Å²) in [6.45, 7) is 0.424. The van der Waals surface area contributed by atoms with Gasteiger partial charge >= 0.3 is 6.03 Å². The molecule has 6 heteroatoms. The van der Waals surface area contributed by atoms with E-state index in [-0.39, 0.29) is 18.5 Å². The van der Waals surface area contributed by atoms with Gasteiger partial charge in [0.1, 0.15) is 6.54 Å². The lowest BCUT2D eigenvalue weighted by Gasteiger charge is -2.13. The average molecular weight is 259 g/mol. The van der Waals surface area contributed by atoms with Crippen LogP contribution in [0, 0.1) is 0 Å². The number of urea groups is 1. The number of rotatable bonds is 2. The lowest BCUT2D eigenvalue weighted by atomic mass is 10.2. The second-order valence-electron chi connectivity index (χ2n) is 3.46. The number of amides is 3. The summed E-state index contributed by atoms with van der Waals surface area (Å²) in [7, 11) is 0. The van der Waals surface area contributed by atoms with Gasteiger partial charge in [0.25, 0.3) is 0 Å². The van der Waals surface area contributed by atoms with E-state index >= 15 is 0 Å². The Balaban J connectivity index is 2.12. The van der Waals surface area contributed by atoms with Crippen LogP contribution in [0.4, 0.5) is 4.79 Å². The third-order valence-electron chi connectivity index (χ3n) is 2.23. The van der Waals surface area contributed by atoms with Gasteiger partial charge in [0.05, 0.1) is 10.0 Å². The van der Waals surface area contributed by atoms with Crippen molar-refractivity contribution in [3.8, 4) is 0 Å². The number of hydrogen-bond donors (Lipinski definition) is 1. The number of imide groups is 1. The Morgan fingerprint density at radius 1 is 1.25 bits per heavy atom. The summed E-state index contributed by atoms with van der Waals surface area (Å²) >= 11 is 11.6. The maximum absolute atomic E-state index is 11.3. The third-order valence-corrected chi connectivity index (χ3v) is 2.96. The van der Waals surface area contributed by atoms with E-state index in [0.717, 1.165) is 5.56 Å². The van der Waals surface area contributed by atoms with E-state index in [4.69, 9.17) is 23.2 Å². The zero-order valence-corrected chi connectivity index (χ0v) is 9.68. The van der Waals surface area contributed by atoms with Crippen LogP contribution in [0.25, 0.3) is 0 Å². The molecule has 0 spiro atoms. The van der Waals surface area contributed by atoms with Gasteiger partial charge in [-0.2, -0.15) is 0 Å². The number of carbonyl (C=O) groups is 2. The number of halogens is 2. The zero-order valence-electron chi connectivity index (χ0n) is 8.17. The molecule has 0 aliphatic carbocycles. The largest absolute Gasteiger partial charge is 0.324 e. The van der Waals surface area contributed by atoms with E-state index in [0.29, 0.717) is 16.6 Å². The van der Waals surface area contributed by atoms with Crippen LogP contribution in [0.3, 0.4) is 0 Å². The topological polar surface area (TPSA) is 49.4 Å². The molecule has 16 heavy (non-hydrogen) atoms. The highest BCUT2D eigenvalue weighted by Gasteiger charge is 2.26. The fourth-order valence-corrected chi connectivity index (χ4v) is 1.79. The number of hydrogen-bond acceptors (Lipinski definition) is 2. The molecule has 0 saturated carbocycles. The van der Waals surface area contributed by atoms with Crippen LogP contribution in [0.1, 0.15) is 5.56 Å². The molecule has 3 amide bonds. The second-order valence-corrected chi connectivity index (χ2v) is 4.27. The molecule has 1 aromatic rings. The highest BCUT2D eigenvalue weighted by Crippen LogP contribution is 2.23. The lowest BCUT2D eigenvalue weighted by molar-refractivity contribution is -0.118. The SMILES string of the molecule is O=C1CN(Cc2ccc(Cl)c(Cl)c2)C(=O)N1. The molecule has 1 aliphatic heterocycles. The molecule has 2 rings (SSSR count). The molecule has 1 heterocycles. The first-order chi connectivity index (χ1) is 7.56. The molecule has 1 saturated heterocycles. The molecular weight excluding hydrogens is 251 g/mol.